The van der Waals surface area contributed by atoms with E-state index in [1.54, 1.807) is 23.2 Å². The van der Waals surface area contributed by atoms with Gasteiger partial charge in [-0.2, -0.15) is 0 Å². The zero-order chi connectivity index (χ0) is 12.5. The van der Waals surface area contributed by atoms with Crippen molar-refractivity contribution in [2.24, 2.45) is 0 Å². The van der Waals surface area contributed by atoms with Gasteiger partial charge < -0.3 is 19.8 Å². The summed E-state index contributed by atoms with van der Waals surface area (Å²) in [4.78, 5) is 8.14. The average Bonchev–Trinajstić information content (AvgIpc) is 2.97. The molecule has 0 saturated heterocycles. The lowest BCUT2D eigenvalue weighted by Gasteiger charge is -2.10. The van der Waals surface area contributed by atoms with Crippen LogP contribution in [0.3, 0.4) is 0 Å². The van der Waals surface area contributed by atoms with Crippen LogP contribution in [0.1, 0.15) is 5.76 Å². The topological polar surface area (TPSA) is 90.1 Å². The number of nitrogen functional groups attached to an aromatic ring is 1. The standard InChI is InChI=1S/C12H12N4O2/c13-10-6-9-11(15-10)14-7-16(12(9)17)4-3-8-2-1-5-18-8/h1-2,5-7,17H,3-4,13H2. The molecular formula is C12H12N4O2. The van der Waals surface area contributed by atoms with Crippen molar-refractivity contribution < 1.29 is 9.52 Å². The fraction of sp³-hybridized carbons (Fsp3) is 0.167. The van der Waals surface area contributed by atoms with Crippen LogP contribution in [0.25, 0.3) is 11.4 Å². The molecule has 0 radical (unpaired) electrons. The predicted molar refractivity (Wildman–Crippen MR) is 65.1 cm³/mol. The largest absolute Gasteiger partial charge is 0.494 e. The number of nitrogens with two attached hydrogens (primary N) is 1. The third-order valence-electron chi connectivity index (χ3n) is 2.78. The van der Waals surface area contributed by atoms with E-state index in [4.69, 9.17) is 10.2 Å². The minimum Gasteiger partial charge on any atom is -0.494 e. The molecule has 3 heterocycles. The number of nitrogens with zero attached hydrogens (tertiary/aromatic N) is 3. The molecule has 6 heteroatoms. The van der Waals surface area contributed by atoms with Crippen LogP contribution in [-0.2, 0) is 13.0 Å². The van der Waals surface area contributed by atoms with Crippen LogP contribution in [-0.4, -0.2) is 19.6 Å². The normalized spacial score (nSPS) is 11.1. The van der Waals surface area contributed by atoms with Crippen molar-refractivity contribution >= 4 is 5.82 Å². The summed E-state index contributed by atoms with van der Waals surface area (Å²) in [5, 5.41) is 10.1. The summed E-state index contributed by atoms with van der Waals surface area (Å²) in [5.41, 5.74) is 6.14. The molecule has 0 unspecified atom stereocenters. The van der Waals surface area contributed by atoms with Gasteiger partial charge in [-0.1, -0.05) is 0 Å². The van der Waals surface area contributed by atoms with Crippen molar-refractivity contribution in [3.63, 3.8) is 0 Å². The van der Waals surface area contributed by atoms with E-state index in [1.165, 1.54) is 0 Å². The SMILES string of the molecule is Nc1cc2c(O)n(CCc3ccco3)cnc-2n1. The molecule has 3 rings (SSSR count). The highest BCUT2D eigenvalue weighted by molar-refractivity contribution is 5.68. The van der Waals surface area contributed by atoms with Crippen LogP contribution < -0.4 is 5.73 Å². The number of rotatable bonds is 3. The van der Waals surface area contributed by atoms with E-state index in [0.717, 1.165) is 5.76 Å². The molecule has 18 heavy (non-hydrogen) atoms. The molecule has 2 aliphatic heterocycles. The Balaban J connectivity index is 1.88. The summed E-state index contributed by atoms with van der Waals surface area (Å²) in [7, 11) is 0. The van der Waals surface area contributed by atoms with Crippen molar-refractivity contribution in [2.45, 2.75) is 13.0 Å². The first-order chi connectivity index (χ1) is 8.74. The predicted octanol–water partition coefficient (Wildman–Crippen LogP) is 1.51. The Hall–Kier alpha value is -2.50. The highest BCUT2D eigenvalue weighted by Crippen LogP contribution is 2.30. The number of aromatic hydroxyl groups is 1. The minimum absolute atomic E-state index is 0.121. The third kappa shape index (κ3) is 1.77. The highest BCUT2D eigenvalue weighted by atomic mass is 16.3. The zero-order valence-corrected chi connectivity index (χ0v) is 9.58. The molecule has 0 atom stereocenters. The summed E-state index contributed by atoms with van der Waals surface area (Å²) < 4.78 is 6.88. The molecule has 1 aromatic heterocycles. The van der Waals surface area contributed by atoms with Crippen molar-refractivity contribution in [2.75, 3.05) is 5.73 Å². The molecule has 2 aliphatic rings. The number of hydrogen-bond donors (Lipinski definition) is 2. The van der Waals surface area contributed by atoms with Crippen LogP contribution in [0.2, 0.25) is 0 Å². The molecule has 92 valence electrons. The Bertz CT molecular complexity index is 630. The molecule has 0 saturated carbocycles. The van der Waals surface area contributed by atoms with Crippen molar-refractivity contribution in [3.8, 4) is 17.3 Å². The summed E-state index contributed by atoms with van der Waals surface area (Å²) >= 11 is 0. The second kappa shape index (κ2) is 4.06. The monoisotopic (exact) mass is 244 g/mol. The van der Waals surface area contributed by atoms with Crippen molar-refractivity contribution in [3.05, 3.63) is 36.5 Å². The number of furan rings is 1. The lowest BCUT2D eigenvalue weighted by Crippen LogP contribution is -2.05. The fourth-order valence-electron chi connectivity index (χ4n) is 1.87. The van der Waals surface area contributed by atoms with Gasteiger partial charge in [0.05, 0.1) is 18.2 Å². The maximum absolute atomic E-state index is 10.1. The highest BCUT2D eigenvalue weighted by Gasteiger charge is 2.15. The van der Waals surface area contributed by atoms with Crippen LogP contribution in [0.15, 0.2) is 35.2 Å². The van der Waals surface area contributed by atoms with Crippen LogP contribution in [0.4, 0.5) is 5.82 Å². The number of fused-ring (bicyclic) bond motifs is 1. The first-order valence-corrected chi connectivity index (χ1v) is 5.57. The number of anilines is 1. The lowest BCUT2D eigenvalue weighted by atomic mass is 10.3. The van der Waals surface area contributed by atoms with Crippen LogP contribution >= 0.6 is 0 Å². The second-order valence-electron chi connectivity index (χ2n) is 4.01. The van der Waals surface area contributed by atoms with Crippen molar-refractivity contribution in [1.29, 1.82) is 0 Å². The minimum atomic E-state index is 0.121. The van der Waals surface area contributed by atoms with E-state index in [2.05, 4.69) is 9.97 Å². The first kappa shape index (κ1) is 10.6. The van der Waals surface area contributed by atoms with Gasteiger partial charge in [-0.3, -0.25) is 0 Å². The molecule has 0 amide bonds. The number of hydrogen-bond acceptors (Lipinski definition) is 5. The van der Waals surface area contributed by atoms with E-state index in [-0.39, 0.29) is 5.88 Å². The van der Waals surface area contributed by atoms with Crippen LogP contribution in [0.5, 0.6) is 5.88 Å². The molecule has 1 aromatic rings. The average molecular weight is 244 g/mol. The number of aromatic nitrogens is 3. The van der Waals surface area contributed by atoms with Gasteiger partial charge in [-0.05, 0) is 18.2 Å². The molecule has 0 bridgehead atoms. The van der Waals surface area contributed by atoms with E-state index in [9.17, 15) is 5.11 Å². The molecule has 3 N–H and O–H groups in total. The van der Waals surface area contributed by atoms with Gasteiger partial charge in [-0.15, -0.1) is 0 Å². The quantitative estimate of drug-likeness (QED) is 0.728. The van der Waals surface area contributed by atoms with Gasteiger partial charge in [0.15, 0.2) is 5.82 Å². The molecule has 0 fully saturated rings. The van der Waals surface area contributed by atoms with Gasteiger partial charge in [0.2, 0.25) is 5.88 Å². The second-order valence-corrected chi connectivity index (χ2v) is 4.01. The Morgan fingerprint density at radius 1 is 1.44 bits per heavy atom. The summed E-state index contributed by atoms with van der Waals surface area (Å²) in [5.74, 6) is 1.80. The molecule has 0 aromatic carbocycles. The summed E-state index contributed by atoms with van der Waals surface area (Å²) in [6.07, 6.45) is 3.86. The van der Waals surface area contributed by atoms with E-state index in [1.807, 2.05) is 12.1 Å². The van der Waals surface area contributed by atoms with E-state index < -0.39 is 0 Å². The fourth-order valence-corrected chi connectivity index (χ4v) is 1.87. The van der Waals surface area contributed by atoms with E-state index >= 15 is 0 Å². The number of aryl methyl sites for hydroxylation is 2. The van der Waals surface area contributed by atoms with E-state index in [0.29, 0.717) is 30.2 Å². The molecule has 0 aliphatic carbocycles. The van der Waals surface area contributed by atoms with Crippen molar-refractivity contribution in [1.82, 2.24) is 14.5 Å². The maximum atomic E-state index is 10.1. The third-order valence-corrected chi connectivity index (χ3v) is 2.78. The molecule has 6 nitrogen and oxygen atoms in total. The molecular weight excluding hydrogens is 232 g/mol. The van der Waals surface area contributed by atoms with Gasteiger partial charge >= 0.3 is 0 Å². The smallest absolute Gasteiger partial charge is 0.203 e. The Kier molecular flexibility index (Phi) is 2.40. The lowest BCUT2D eigenvalue weighted by molar-refractivity contribution is 0.402. The van der Waals surface area contributed by atoms with Gasteiger partial charge in [0, 0.05) is 13.0 Å². The van der Waals surface area contributed by atoms with Crippen LogP contribution in [0, 0.1) is 0 Å². The Morgan fingerprint density at radius 3 is 3.11 bits per heavy atom. The van der Waals surface area contributed by atoms with Gasteiger partial charge in [-0.25, -0.2) is 9.97 Å². The Labute approximate surface area is 103 Å². The zero-order valence-electron chi connectivity index (χ0n) is 9.58. The summed E-state index contributed by atoms with van der Waals surface area (Å²) in [6, 6.07) is 5.34. The first-order valence-electron chi connectivity index (χ1n) is 5.57. The maximum Gasteiger partial charge on any atom is 0.203 e. The Morgan fingerprint density at radius 2 is 2.33 bits per heavy atom. The van der Waals surface area contributed by atoms with Gasteiger partial charge in [0.25, 0.3) is 0 Å². The summed E-state index contributed by atoms with van der Waals surface area (Å²) in [6.45, 7) is 0.577. The molecule has 0 spiro atoms. The van der Waals surface area contributed by atoms with Gasteiger partial charge in [0.1, 0.15) is 11.6 Å².